The van der Waals surface area contributed by atoms with E-state index in [1.54, 1.807) is 12.1 Å². The highest BCUT2D eigenvalue weighted by Crippen LogP contribution is 2.19. The number of anilines is 1. The molecule has 0 radical (unpaired) electrons. The highest BCUT2D eigenvalue weighted by molar-refractivity contribution is 7.18. The zero-order valence-electron chi connectivity index (χ0n) is 15.7. The summed E-state index contributed by atoms with van der Waals surface area (Å²) >= 11 is 0. The van der Waals surface area contributed by atoms with E-state index in [1.807, 2.05) is 24.4 Å². The Morgan fingerprint density at radius 3 is 2.59 bits per heavy atom. The molecule has 152 valence electrons. The van der Waals surface area contributed by atoms with Crippen LogP contribution in [0.4, 0.5) is 5.82 Å². The lowest BCUT2D eigenvalue weighted by atomic mass is 10.0. The summed E-state index contributed by atoms with van der Waals surface area (Å²) in [6.07, 6.45) is 3.71. The quantitative estimate of drug-likeness (QED) is 0.272. The molecule has 0 aliphatic carbocycles. The monoisotopic (exact) mass is 414 g/mol. The SMILES string of the molecule is O=C(O)CCCNC(=O)c1ccc(CCc2c[nH]c3cc(NP)[nH]c(=O)c23)cc1. The third-order valence-electron chi connectivity index (χ3n) is 4.66. The molecule has 0 bridgehead atoms. The summed E-state index contributed by atoms with van der Waals surface area (Å²) in [7, 11) is 2.35. The molecule has 1 aromatic carbocycles. The van der Waals surface area contributed by atoms with Crippen LogP contribution in [0.5, 0.6) is 0 Å². The topological polar surface area (TPSA) is 127 Å². The number of carbonyl (C=O) groups excluding carboxylic acids is 1. The van der Waals surface area contributed by atoms with E-state index in [-0.39, 0.29) is 17.9 Å². The number of benzene rings is 1. The Balaban J connectivity index is 1.59. The summed E-state index contributed by atoms with van der Waals surface area (Å²) in [4.78, 5) is 40.8. The second-order valence-electron chi connectivity index (χ2n) is 6.71. The lowest BCUT2D eigenvalue weighted by Crippen LogP contribution is -2.24. The van der Waals surface area contributed by atoms with E-state index in [2.05, 4.69) is 29.8 Å². The standard InChI is InChI=1S/C20H23N4O4P/c25-17(26)2-1-9-21-19(27)13-6-3-12(4-7-13)5-8-14-11-22-15-10-16(24-29)23-20(28)18(14)15/h3-4,6-7,10-11,22H,1-2,5,8-9,29H2,(H,21,27)(H,25,26)(H2,23,24,28). The Morgan fingerprint density at radius 1 is 1.14 bits per heavy atom. The van der Waals surface area contributed by atoms with Crippen LogP contribution in [0, 0.1) is 0 Å². The predicted octanol–water partition coefficient (Wildman–Crippen LogP) is 2.44. The van der Waals surface area contributed by atoms with Gasteiger partial charge in [-0.15, -0.1) is 0 Å². The van der Waals surface area contributed by atoms with Gasteiger partial charge in [0.15, 0.2) is 0 Å². The van der Waals surface area contributed by atoms with Crippen LogP contribution in [0.15, 0.2) is 41.3 Å². The van der Waals surface area contributed by atoms with Crippen molar-refractivity contribution >= 4 is 38.0 Å². The number of nitrogens with one attached hydrogen (secondary N) is 4. The van der Waals surface area contributed by atoms with Gasteiger partial charge in [-0.2, -0.15) is 0 Å². The second-order valence-corrected chi connectivity index (χ2v) is 7.00. The van der Waals surface area contributed by atoms with Gasteiger partial charge in [-0.3, -0.25) is 14.4 Å². The number of fused-ring (bicyclic) bond motifs is 1. The van der Waals surface area contributed by atoms with Gasteiger partial charge in [0.1, 0.15) is 5.82 Å². The first-order valence-corrected chi connectivity index (χ1v) is 9.84. The number of aromatic amines is 2. The van der Waals surface area contributed by atoms with E-state index in [4.69, 9.17) is 5.11 Å². The first-order valence-electron chi connectivity index (χ1n) is 9.26. The largest absolute Gasteiger partial charge is 0.481 e. The first kappa shape index (κ1) is 20.6. The molecule has 0 fully saturated rings. The summed E-state index contributed by atoms with van der Waals surface area (Å²) in [6, 6.07) is 9.13. The van der Waals surface area contributed by atoms with Gasteiger partial charge in [-0.25, -0.2) is 0 Å². The van der Waals surface area contributed by atoms with Crippen LogP contribution < -0.4 is 16.0 Å². The summed E-state index contributed by atoms with van der Waals surface area (Å²) in [5, 5.41) is 14.8. The third kappa shape index (κ3) is 5.23. The zero-order chi connectivity index (χ0) is 20.8. The van der Waals surface area contributed by atoms with E-state index in [9.17, 15) is 14.4 Å². The maximum absolute atomic E-state index is 12.3. The van der Waals surface area contributed by atoms with Crippen LogP contribution in [0.3, 0.4) is 0 Å². The molecule has 29 heavy (non-hydrogen) atoms. The minimum Gasteiger partial charge on any atom is -0.481 e. The number of carboxylic acids is 1. The van der Waals surface area contributed by atoms with Crippen molar-refractivity contribution in [3.05, 3.63) is 63.6 Å². The molecule has 9 heteroatoms. The number of aromatic nitrogens is 2. The van der Waals surface area contributed by atoms with E-state index < -0.39 is 5.97 Å². The fraction of sp³-hybridized carbons (Fsp3) is 0.250. The molecule has 3 aromatic rings. The van der Waals surface area contributed by atoms with Gasteiger partial charge >= 0.3 is 5.97 Å². The molecular weight excluding hydrogens is 391 g/mol. The van der Waals surface area contributed by atoms with Crippen molar-refractivity contribution in [1.29, 1.82) is 0 Å². The second kappa shape index (κ2) is 9.39. The van der Waals surface area contributed by atoms with Gasteiger partial charge in [0.2, 0.25) is 0 Å². The van der Waals surface area contributed by atoms with Gasteiger partial charge in [0.05, 0.1) is 10.9 Å². The Labute approximate surface area is 169 Å². The number of aryl methyl sites for hydroxylation is 2. The fourth-order valence-electron chi connectivity index (χ4n) is 3.15. The summed E-state index contributed by atoms with van der Waals surface area (Å²) < 4.78 is 0. The highest BCUT2D eigenvalue weighted by Gasteiger charge is 2.10. The molecule has 0 saturated carbocycles. The average Bonchev–Trinajstić information content (AvgIpc) is 3.13. The number of amides is 1. The number of carboxylic acid groups (broad SMARTS) is 1. The molecule has 0 aliphatic rings. The third-order valence-corrected chi connectivity index (χ3v) is 4.97. The normalized spacial score (nSPS) is 10.8. The van der Waals surface area contributed by atoms with Crippen molar-refractivity contribution in [3.63, 3.8) is 0 Å². The number of pyridine rings is 1. The van der Waals surface area contributed by atoms with Gasteiger partial charge in [-0.1, -0.05) is 12.1 Å². The fourth-order valence-corrected chi connectivity index (χ4v) is 3.31. The van der Waals surface area contributed by atoms with E-state index >= 15 is 0 Å². The molecule has 0 saturated heterocycles. The number of hydrogen-bond donors (Lipinski definition) is 5. The molecule has 2 aromatic heterocycles. The smallest absolute Gasteiger partial charge is 0.303 e. The summed E-state index contributed by atoms with van der Waals surface area (Å²) in [6.45, 7) is 0.329. The van der Waals surface area contributed by atoms with Gasteiger partial charge in [-0.05, 0) is 51.9 Å². The average molecular weight is 414 g/mol. The van der Waals surface area contributed by atoms with E-state index in [1.165, 1.54) is 0 Å². The Bertz CT molecular complexity index is 1070. The minimum atomic E-state index is -0.873. The van der Waals surface area contributed by atoms with Crippen LogP contribution in [0.25, 0.3) is 10.9 Å². The van der Waals surface area contributed by atoms with Crippen molar-refractivity contribution in [2.45, 2.75) is 25.7 Å². The molecule has 0 spiro atoms. The van der Waals surface area contributed by atoms with Crippen molar-refractivity contribution in [2.24, 2.45) is 0 Å². The minimum absolute atomic E-state index is 0.0329. The highest BCUT2D eigenvalue weighted by atomic mass is 31.0. The molecule has 8 nitrogen and oxygen atoms in total. The van der Waals surface area contributed by atoms with Crippen molar-refractivity contribution in [3.8, 4) is 0 Å². The van der Waals surface area contributed by atoms with Crippen molar-refractivity contribution in [1.82, 2.24) is 15.3 Å². The predicted molar refractivity (Wildman–Crippen MR) is 115 cm³/mol. The van der Waals surface area contributed by atoms with Crippen molar-refractivity contribution < 1.29 is 14.7 Å². The van der Waals surface area contributed by atoms with Gasteiger partial charge in [0, 0.05) is 30.8 Å². The van der Waals surface area contributed by atoms with E-state index in [0.29, 0.717) is 36.2 Å². The lowest BCUT2D eigenvalue weighted by Gasteiger charge is -2.06. The molecule has 2 heterocycles. The van der Waals surface area contributed by atoms with Gasteiger partial charge in [0.25, 0.3) is 11.5 Å². The zero-order valence-corrected chi connectivity index (χ0v) is 16.9. The molecular formula is C20H23N4O4P. The number of hydrogen-bond acceptors (Lipinski definition) is 4. The van der Waals surface area contributed by atoms with Crippen LogP contribution in [-0.4, -0.2) is 33.5 Å². The van der Waals surface area contributed by atoms with Crippen LogP contribution in [-0.2, 0) is 17.6 Å². The number of rotatable bonds is 9. The van der Waals surface area contributed by atoms with Gasteiger partial charge < -0.3 is 25.5 Å². The van der Waals surface area contributed by atoms with Crippen LogP contribution in [0.1, 0.15) is 34.3 Å². The van der Waals surface area contributed by atoms with Crippen LogP contribution >= 0.6 is 9.39 Å². The number of aliphatic carboxylic acids is 1. The number of H-pyrrole nitrogens is 2. The molecule has 1 unspecified atom stereocenters. The molecule has 5 N–H and O–H groups in total. The molecule has 1 amide bonds. The van der Waals surface area contributed by atoms with Crippen LogP contribution in [0.2, 0.25) is 0 Å². The maximum atomic E-state index is 12.3. The molecule has 1 atom stereocenters. The lowest BCUT2D eigenvalue weighted by molar-refractivity contribution is -0.137. The van der Waals surface area contributed by atoms with E-state index in [0.717, 1.165) is 23.1 Å². The Kier molecular flexibility index (Phi) is 6.67. The van der Waals surface area contributed by atoms with Crippen molar-refractivity contribution in [2.75, 3.05) is 11.6 Å². The number of carbonyl (C=O) groups is 2. The summed E-state index contributed by atoms with van der Waals surface area (Å²) in [5.74, 6) is -0.469. The first-order chi connectivity index (χ1) is 14.0. The summed E-state index contributed by atoms with van der Waals surface area (Å²) in [5.41, 5.74) is 3.17. The maximum Gasteiger partial charge on any atom is 0.303 e. The Morgan fingerprint density at radius 2 is 1.90 bits per heavy atom. The molecule has 0 aliphatic heterocycles. The Hall–Kier alpha value is -3.12. The molecule has 3 rings (SSSR count).